The molecule has 1 unspecified atom stereocenters. The maximum atomic E-state index is 12.8. The van der Waals surface area contributed by atoms with Gasteiger partial charge in [0.2, 0.25) is 11.8 Å². The van der Waals surface area contributed by atoms with Gasteiger partial charge in [0.25, 0.3) is 5.91 Å². The van der Waals surface area contributed by atoms with E-state index in [9.17, 15) is 27.2 Å². The third-order valence-corrected chi connectivity index (χ3v) is 3.92. The lowest BCUT2D eigenvalue weighted by atomic mass is 10.2. The van der Waals surface area contributed by atoms with Gasteiger partial charge in [0.15, 0.2) is 6.61 Å². The zero-order chi connectivity index (χ0) is 21.6. The molecule has 2 amide bonds. The smallest absolute Gasteiger partial charge is 0.340 e. The predicted molar refractivity (Wildman–Crippen MR) is 97.7 cm³/mol. The maximum Gasteiger partial charge on any atom is 0.340 e. The van der Waals surface area contributed by atoms with E-state index < -0.39 is 36.8 Å². The van der Waals surface area contributed by atoms with Gasteiger partial charge < -0.3 is 15.4 Å². The summed E-state index contributed by atoms with van der Waals surface area (Å²) >= 11 is 5.93. The molecule has 29 heavy (non-hydrogen) atoms. The summed E-state index contributed by atoms with van der Waals surface area (Å²) in [4.78, 5) is 28.0. The molecule has 0 saturated carbocycles. The van der Waals surface area contributed by atoms with E-state index in [2.05, 4.69) is 20.4 Å². The number of hydrogen-bond acceptors (Lipinski definition) is 4. The minimum atomic E-state index is -4.30. The molecule has 1 atom stereocenters. The van der Waals surface area contributed by atoms with Crippen molar-refractivity contribution in [2.45, 2.75) is 25.3 Å². The summed E-state index contributed by atoms with van der Waals surface area (Å²) in [6, 6.07) is 7.80. The van der Waals surface area contributed by atoms with E-state index in [0.717, 1.165) is 12.3 Å². The second-order valence-corrected chi connectivity index (χ2v) is 6.31. The van der Waals surface area contributed by atoms with Crippen LogP contribution in [0.5, 0.6) is 5.88 Å². The van der Waals surface area contributed by atoms with Gasteiger partial charge in [0, 0.05) is 6.07 Å². The third kappa shape index (κ3) is 6.31. The molecule has 0 aliphatic rings. The lowest BCUT2D eigenvalue weighted by molar-refractivity contribution is -0.148. The van der Waals surface area contributed by atoms with E-state index >= 15 is 0 Å². The van der Waals surface area contributed by atoms with Crippen molar-refractivity contribution in [3.05, 3.63) is 53.2 Å². The molecule has 0 radical (unpaired) electrons. The molecule has 0 spiro atoms. The molecular formula is C18H16ClF4N3O3. The average Bonchev–Trinajstić information content (AvgIpc) is 2.67. The summed E-state index contributed by atoms with van der Waals surface area (Å²) in [6.07, 6.45) is -2.76. The number of rotatable bonds is 8. The number of nitrogens with zero attached hydrogens (tertiary/aromatic N) is 1. The first-order valence-corrected chi connectivity index (χ1v) is 8.59. The highest BCUT2D eigenvalue weighted by molar-refractivity contribution is 6.33. The standard InChI is InChI=1S/C18H16ClF4N3O3/c1-10(25-16(28)12-4-2-3-5-13(12)19)15(27)26-11-6-7-14(24-8-11)29-9-18(22,23)17(20)21/h2-8,10,17H,9H2,1H3,(H,25,28)(H,26,27). The van der Waals surface area contributed by atoms with Crippen LogP contribution >= 0.6 is 11.6 Å². The first kappa shape index (κ1) is 22.4. The fourth-order valence-electron chi connectivity index (χ4n) is 2.01. The van der Waals surface area contributed by atoms with Crippen LogP contribution in [0.4, 0.5) is 23.2 Å². The molecule has 0 saturated heterocycles. The van der Waals surface area contributed by atoms with Crippen LogP contribution in [0.1, 0.15) is 17.3 Å². The predicted octanol–water partition coefficient (Wildman–Crippen LogP) is 3.77. The lowest BCUT2D eigenvalue weighted by Crippen LogP contribution is -2.41. The molecule has 1 aromatic carbocycles. The summed E-state index contributed by atoms with van der Waals surface area (Å²) in [5.41, 5.74) is 0.388. The topological polar surface area (TPSA) is 80.3 Å². The second-order valence-electron chi connectivity index (χ2n) is 5.90. The van der Waals surface area contributed by atoms with Crippen LogP contribution < -0.4 is 15.4 Å². The number of nitrogens with one attached hydrogen (secondary N) is 2. The van der Waals surface area contributed by atoms with Crippen LogP contribution in [-0.4, -0.2) is 41.8 Å². The number of hydrogen-bond donors (Lipinski definition) is 2. The number of pyridine rings is 1. The van der Waals surface area contributed by atoms with Gasteiger partial charge in [0.1, 0.15) is 6.04 Å². The molecule has 2 aromatic rings. The van der Waals surface area contributed by atoms with Crippen LogP contribution in [-0.2, 0) is 4.79 Å². The monoisotopic (exact) mass is 433 g/mol. The first-order valence-electron chi connectivity index (χ1n) is 8.21. The Hall–Kier alpha value is -2.88. The minimum absolute atomic E-state index is 0.182. The van der Waals surface area contributed by atoms with E-state index in [0.29, 0.717) is 0 Å². The van der Waals surface area contributed by atoms with E-state index in [1.54, 1.807) is 12.1 Å². The Morgan fingerprint density at radius 1 is 1.21 bits per heavy atom. The number of alkyl halides is 4. The highest BCUT2D eigenvalue weighted by Gasteiger charge is 2.41. The molecular weight excluding hydrogens is 418 g/mol. The number of aromatic nitrogens is 1. The largest absolute Gasteiger partial charge is 0.471 e. The highest BCUT2D eigenvalue weighted by Crippen LogP contribution is 2.24. The Kier molecular flexibility index (Phi) is 7.38. The van der Waals surface area contributed by atoms with Gasteiger partial charge >= 0.3 is 12.3 Å². The number of amides is 2. The fraction of sp³-hybridized carbons (Fsp3) is 0.278. The number of anilines is 1. The van der Waals surface area contributed by atoms with Crippen LogP contribution in [0.3, 0.4) is 0 Å². The fourth-order valence-corrected chi connectivity index (χ4v) is 2.23. The summed E-state index contributed by atoms with van der Waals surface area (Å²) in [7, 11) is 0. The quantitative estimate of drug-likeness (QED) is 0.621. The average molecular weight is 434 g/mol. The highest BCUT2D eigenvalue weighted by atomic mass is 35.5. The Labute approximate surface area is 168 Å². The summed E-state index contributed by atoms with van der Waals surface area (Å²) in [5.74, 6) is -5.74. The van der Waals surface area contributed by atoms with E-state index in [-0.39, 0.29) is 22.2 Å². The van der Waals surface area contributed by atoms with E-state index in [1.807, 2.05) is 0 Å². The molecule has 0 aliphatic carbocycles. The zero-order valence-corrected chi connectivity index (χ0v) is 15.7. The van der Waals surface area contributed by atoms with Gasteiger partial charge in [-0.25, -0.2) is 13.8 Å². The van der Waals surface area contributed by atoms with Crippen molar-refractivity contribution in [3.8, 4) is 5.88 Å². The number of halogens is 5. The molecule has 1 heterocycles. The SMILES string of the molecule is CC(NC(=O)c1ccccc1Cl)C(=O)Nc1ccc(OCC(F)(F)C(F)F)nc1. The molecule has 156 valence electrons. The Morgan fingerprint density at radius 2 is 1.90 bits per heavy atom. The molecule has 6 nitrogen and oxygen atoms in total. The first-order chi connectivity index (χ1) is 13.6. The van der Waals surface area contributed by atoms with Crippen molar-refractivity contribution in [3.63, 3.8) is 0 Å². The van der Waals surface area contributed by atoms with Gasteiger partial charge in [0.05, 0.1) is 22.5 Å². The molecule has 0 bridgehead atoms. The van der Waals surface area contributed by atoms with Crippen LogP contribution in [0, 0.1) is 0 Å². The van der Waals surface area contributed by atoms with Gasteiger partial charge in [-0.1, -0.05) is 23.7 Å². The van der Waals surface area contributed by atoms with Crippen LogP contribution in [0.25, 0.3) is 0 Å². The summed E-state index contributed by atoms with van der Waals surface area (Å²) in [6.45, 7) is -0.0874. The van der Waals surface area contributed by atoms with Crippen molar-refractivity contribution in [2.75, 3.05) is 11.9 Å². The lowest BCUT2D eigenvalue weighted by Gasteiger charge is -2.16. The van der Waals surface area contributed by atoms with Gasteiger partial charge in [-0.05, 0) is 25.1 Å². The Balaban J connectivity index is 1.90. The van der Waals surface area contributed by atoms with E-state index in [1.165, 1.54) is 25.1 Å². The number of ether oxygens (including phenoxy) is 1. The molecule has 0 aliphatic heterocycles. The van der Waals surface area contributed by atoms with Crippen molar-refractivity contribution >= 4 is 29.1 Å². The van der Waals surface area contributed by atoms with Gasteiger partial charge in [-0.3, -0.25) is 9.59 Å². The van der Waals surface area contributed by atoms with Crippen LogP contribution in [0.2, 0.25) is 5.02 Å². The van der Waals surface area contributed by atoms with Crippen molar-refractivity contribution in [1.82, 2.24) is 10.3 Å². The minimum Gasteiger partial charge on any atom is -0.471 e. The number of carbonyl (C=O) groups is 2. The Bertz CT molecular complexity index is 866. The zero-order valence-electron chi connectivity index (χ0n) is 15.0. The molecule has 11 heteroatoms. The van der Waals surface area contributed by atoms with Gasteiger partial charge in [-0.15, -0.1) is 0 Å². The number of carbonyl (C=O) groups excluding carboxylic acids is 2. The third-order valence-electron chi connectivity index (χ3n) is 3.60. The van der Waals surface area contributed by atoms with E-state index in [4.69, 9.17) is 11.6 Å². The maximum absolute atomic E-state index is 12.8. The second kappa shape index (κ2) is 9.55. The van der Waals surface area contributed by atoms with Gasteiger partial charge in [-0.2, -0.15) is 8.78 Å². The van der Waals surface area contributed by atoms with Crippen molar-refractivity contribution in [2.24, 2.45) is 0 Å². The number of benzene rings is 1. The van der Waals surface area contributed by atoms with Crippen molar-refractivity contribution < 1.29 is 31.9 Å². The van der Waals surface area contributed by atoms with Crippen LogP contribution in [0.15, 0.2) is 42.6 Å². The van der Waals surface area contributed by atoms with Crippen molar-refractivity contribution in [1.29, 1.82) is 0 Å². The normalized spacial score (nSPS) is 12.4. The molecule has 1 aromatic heterocycles. The Morgan fingerprint density at radius 3 is 2.48 bits per heavy atom. The molecule has 2 rings (SSSR count). The summed E-state index contributed by atoms with van der Waals surface area (Å²) < 4.78 is 54.3. The summed E-state index contributed by atoms with van der Waals surface area (Å²) in [5, 5.41) is 5.17. The molecule has 0 fully saturated rings. The molecule has 2 N–H and O–H groups in total.